The van der Waals surface area contributed by atoms with Gasteiger partial charge in [0.2, 0.25) is 0 Å². The fourth-order valence-corrected chi connectivity index (χ4v) is 5.60. The average molecular weight is 541 g/mol. The molecule has 0 spiro atoms. The highest BCUT2D eigenvalue weighted by atomic mass is 35.5. The average Bonchev–Trinajstić information content (AvgIpc) is 3.32. The van der Waals surface area contributed by atoms with E-state index < -0.39 is 8.07 Å². The van der Waals surface area contributed by atoms with Crippen molar-refractivity contribution in [3.05, 3.63) is 51.4 Å². The van der Waals surface area contributed by atoms with E-state index in [1.165, 1.54) is 4.68 Å². The largest absolute Gasteiger partial charge is 0.361 e. The van der Waals surface area contributed by atoms with E-state index in [0.717, 1.165) is 34.8 Å². The molecule has 0 bridgehead atoms. The van der Waals surface area contributed by atoms with Crippen LogP contribution in [-0.2, 0) is 18.5 Å². The number of aromatic nitrogens is 6. The van der Waals surface area contributed by atoms with E-state index in [1.807, 2.05) is 36.9 Å². The van der Waals surface area contributed by atoms with E-state index >= 15 is 0 Å². The smallest absolute Gasteiger partial charge is 0.278 e. The molecule has 0 saturated heterocycles. The van der Waals surface area contributed by atoms with Crippen molar-refractivity contribution in [3.8, 4) is 5.69 Å². The molecular weight excluding hydrogens is 508 g/mol. The standard InChI is InChI=1S/C25H33ClN8O2Si/c1-15-23-27-16(2)30-34(23)19-10-8-9-17(22(19)31(15)3)28-18-13-20(26)29-24-21(18)25(35)32(4)33(24)14-36-11-12-37(5,6)7/h8-10,13,15H,11-12,14H2,1-7H3,(H,28,29). The van der Waals surface area contributed by atoms with Crippen LogP contribution in [0.5, 0.6) is 0 Å². The molecule has 1 aliphatic rings. The summed E-state index contributed by atoms with van der Waals surface area (Å²) in [4.78, 5) is 24.7. The van der Waals surface area contributed by atoms with Crippen LogP contribution in [0.4, 0.5) is 17.1 Å². The predicted molar refractivity (Wildman–Crippen MR) is 150 cm³/mol. The maximum atomic E-state index is 13.4. The minimum absolute atomic E-state index is 0.0139. The van der Waals surface area contributed by atoms with E-state index in [9.17, 15) is 4.79 Å². The first-order valence-electron chi connectivity index (χ1n) is 12.4. The summed E-state index contributed by atoms with van der Waals surface area (Å²) < 4.78 is 11.1. The first kappa shape index (κ1) is 25.5. The Morgan fingerprint density at radius 1 is 1.16 bits per heavy atom. The third-order valence-corrected chi connectivity index (χ3v) is 8.75. The van der Waals surface area contributed by atoms with Gasteiger partial charge in [-0.2, -0.15) is 5.10 Å². The molecule has 5 rings (SSSR count). The number of fused-ring (bicyclic) bond motifs is 4. The number of anilines is 3. The maximum absolute atomic E-state index is 13.4. The Labute approximate surface area is 221 Å². The molecule has 10 nitrogen and oxygen atoms in total. The van der Waals surface area contributed by atoms with Gasteiger partial charge in [-0.15, -0.1) is 0 Å². The predicted octanol–water partition coefficient (Wildman–Crippen LogP) is 4.84. The molecule has 3 aromatic heterocycles. The molecule has 0 radical (unpaired) electrons. The highest BCUT2D eigenvalue weighted by Crippen LogP contribution is 2.42. The highest BCUT2D eigenvalue weighted by Gasteiger charge is 2.31. The molecule has 0 saturated carbocycles. The molecule has 1 aliphatic heterocycles. The van der Waals surface area contributed by atoms with E-state index in [1.54, 1.807) is 17.8 Å². The Hall–Kier alpha value is -3.15. The second kappa shape index (κ2) is 9.30. The molecule has 37 heavy (non-hydrogen) atoms. The van der Waals surface area contributed by atoms with Crippen molar-refractivity contribution in [2.24, 2.45) is 7.05 Å². The van der Waals surface area contributed by atoms with Crippen LogP contribution >= 0.6 is 11.6 Å². The lowest BCUT2D eigenvalue weighted by atomic mass is 10.1. The van der Waals surface area contributed by atoms with Gasteiger partial charge in [0.25, 0.3) is 5.56 Å². The van der Waals surface area contributed by atoms with Gasteiger partial charge < -0.3 is 15.0 Å². The number of para-hydroxylation sites is 1. The van der Waals surface area contributed by atoms with Gasteiger partial charge in [-0.3, -0.25) is 4.79 Å². The lowest BCUT2D eigenvalue weighted by molar-refractivity contribution is 0.0732. The molecule has 0 amide bonds. The van der Waals surface area contributed by atoms with Crippen molar-refractivity contribution in [1.29, 1.82) is 0 Å². The first-order valence-corrected chi connectivity index (χ1v) is 16.5. The Morgan fingerprint density at radius 2 is 1.92 bits per heavy atom. The first-order chi connectivity index (χ1) is 17.5. The molecule has 1 unspecified atom stereocenters. The van der Waals surface area contributed by atoms with Gasteiger partial charge in [0.05, 0.1) is 28.8 Å². The highest BCUT2D eigenvalue weighted by molar-refractivity contribution is 6.76. The monoisotopic (exact) mass is 540 g/mol. The zero-order valence-electron chi connectivity index (χ0n) is 22.3. The van der Waals surface area contributed by atoms with Crippen molar-refractivity contribution in [2.45, 2.75) is 52.3 Å². The van der Waals surface area contributed by atoms with E-state index in [4.69, 9.17) is 16.3 Å². The minimum Gasteiger partial charge on any atom is -0.361 e. The second-order valence-electron chi connectivity index (χ2n) is 10.8. The van der Waals surface area contributed by atoms with Crippen LogP contribution in [0, 0.1) is 6.92 Å². The summed E-state index contributed by atoms with van der Waals surface area (Å²) in [5.41, 5.74) is 3.60. The van der Waals surface area contributed by atoms with Gasteiger partial charge in [-0.05, 0) is 38.1 Å². The normalized spacial score (nSPS) is 15.2. The van der Waals surface area contributed by atoms with Gasteiger partial charge >= 0.3 is 0 Å². The number of hydrogen-bond donors (Lipinski definition) is 1. The summed E-state index contributed by atoms with van der Waals surface area (Å²) in [5, 5.41) is 8.85. The third kappa shape index (κ3) is 4.55. The van der Waals surface area contributed by atoms with Crippen LogP contribution in [0.15, 0.2) is 29.1 Å². The van der Waals surface area contributed by atoms with Crippen LogP contribution in [0.25, 0.3) is 16.7 Å². The molecule has 1 N–H and O–H groups in total. The number of pyridine rings is 1. The molecule has 1 aromatic carbocycles. The topological polar surface area (TPSA) is 95.0 Å². The summed E-state index contributed by atoms with van der Waals surface area (Å²) in [5.74, 6) is 1.61. The number of nitrogens with zero attached hydrogens (tertiary/aromatic N) is 7. The zero-order chi connectivity index (χ0) is 26.6. The summed E-state index contributed by atoms with van der Waals surface area (Å²) in [6.07, 6.45) is 0. The fourth-order valence-electron chi connectivity index (χ4n) is 4.65. The molecule has 0 fully saturated rings. The summed E-state index contributed by atoms with van der Waals surface area (Å²) >= 11 is 6.47. The number of hydrogen-bond acceptors (Lipinski definition) is 7. The lowest BCUT2D eigenvalue weighted by Gasteiger charge is -2.34. The van der Waals surface area contributed by atoms with E-state index in [2.05, 4.69) is 51.8 Å². The van der Waals surface area contributed by atoms with Gasteiger partial charge in [0.15, 0.2) is 11.5 Å². The van der Waals surface area contributed by atoms with Crippen LogP contribution in [0.1, 0.15) is 24.6 Å². The molecule has 1 atom stereocenters. The van der Waals surface area contributed by atoms with Gasteiger partial charge in [0, 0.05) is 28.8 Å². The van der Waals surface area contributed by atoms with Crippen LogP contribution in [0.2, 0.25) is 30.8 Å². The number of benzene rings is 1. The van der Waals surface area contributed by atoms with E-state index in [0.29, 0.717) is 23.3 Å². The Balaban J connectivity index is 1.56. The molecule has 196 valence electrons. The van der Waals surface area contributed by atoms with Crippen molar-refractivity contribution >= 4 is 47.8 Å². The summed E-state index contributed by atoms with van der Waals surface area (Å²) in [6, 6.07) is 8.71. The minimum atomic E-state index is -1.23. The molecule has 4 heterocycles. The SMILES string of the molecule is Cc1nc2n(n1)-c1cccc(Nc3cc(Cl)nc4c3c(=O)n(C)n4COCC[Si](C)(C)C)c1N(C)C2C. The number of nitrogens with one attached hydrogen (secondary N) is 1. The Bertz CT molecular complexity index is 1550. The van der Waals surface area contributed by atoms with Crippen LogP contribution in [0.3, 0.4) is 0 Å². The van der Waals surface area contributed by atoms with Gasteiger partial charge in [-0.1, -0.05) is 37.3 Å². The maximum Gasteiger partial charge on any atom is 0.278 e. The van der Waals surface area contributed by atoms with Crippen LogP contribution in [-0.4, -0.2) is 50.8 Å². The van der Waals surface area contributed by atoms with Crippen LogP contribution < -0.4 is 15.8 Å². The second-order valence-corrected chi connectivity index (χ2v) is 16.8. The molecule has 4 aromatic rings. The Morgan fingerprint density at radius 3 is 2.65 bits per heavy atom. The Kier molecular flexibility index (Phi) is 6.41. The van der Waals surface area contributed by atoms with Gasteiger partial charge in [0.1, 0.15) is 23.1 Å². The number of rotatable bonds is 7. The summed E-state index contributed by atoms with van der Waals surface area (Å²) in [6.45, 7) is 11.8. The number of ether oxygens (including phenoxy) is 1. The number of halogens is 1. The molecular formula is C25H33ClN8O2Si. The number of aryl methyl sites for hydroxylation is 1. The van der Waals surface area contributed by atoms with E-state index in [-0.39, 0.29) is 23.5 Å². The molecule has 12 heteroatoms. The summed E-state index contributed by atoms with van der Waals surface area (Å²) in [7, 11) is 2.53. The van der Waals surface area contributed by atoms with Crippen molar-refractivity contribution in [1.82, 2.24) is 29.1 Å². The third-order valence-electron chi connectivity index (χ3n) is 6.85. The van der Waals surface area contributed by atoms with Crippen molar-refractivity contribution in [3.63, 3.8) is 0 Å². The van der Waals surface area contributed by atoms with Gasteiger partial charge in [-0.25, -0.2) is 24.0 Å². The molecule has 0 aliphatic carbocycles. The quantitative estimate of drug-likeness (QED) is 0.203. The van der Waals surface area contributed by atoms with Crippen molar-refractivity contribution < 1.29 is 4.74 Å². The zero-order valence-corrected chi connectivity index (χ0v) is 24.1. The fraction of sp³-hybridized carbons (Fsp3) is 0.440. The van der Waals surface area contributed by atoms with Crippen molar-refractivity contribution in [2.75, 3.05) is 23.9 Å². The lowest BCUT2D eigenvalue weighted by Crippen LogP contribution is -2.31.